The Kier molecular flexibility index (Phi) is 11.7. The van der Waals surface area contributed by atoms with Gasteiger partial charge in [-0.2, -0.15) is 0 Å². The number of sulfonamides is 1. The molecule has 1 N–H and O–H groups in total. The molecule has 0 unspecified atom stereocenters. The quantitative estimate of drug-likeness (QED) is 0.187. The molecule has 47 heavy (non-hydrogen) atoms. The van der Waals surface area contributed by atoms with E-state index in [1.54, 1.807) is 24.3 Å². The van der Waals surface area contributed by atoms with Crippen molar-refractivity contribution in [3.63, 3.8) is 0 Å². The van der Waals surface area contributed by atoms with Crippen LogP contribution < -0.4 is 19.1 Å². The van der Waals surface area contributed by atoms with E-state index in [2.05, 4.69) is 5.32 Å². The number of aryl methyl sites for hydroxylation is 2. The molecule has 0 aliphatic carbocycles. The number of nitrogens with one attached hydrogen (secondary N) is 1. The lowest BCUT2D eigenvalue weighted by atomic mass is 10.0. The van der Waals surface area contributed by atoms with Gasteiger partial charge in [-0.3, -0.25) is 13.9 Å². The molecular formula is C37H43N3O6S. The number of carbonyl (C=O) groups excluding carboxylic acids is 2. The average molecular weight is 658 g/mol. The highest BCUT2D eigenvalue weighted by Gasteiger charge is 2.36. The van der Waals surface area contributed by atoms with Crippen molar-refractivity contribution in [2.75, 3.05) is 25.1 Å². The van der Waals surface area contributed by atoms with Crippen molar-refractivity contribution in [3.8, 4) is 11.5 Å². The fourth-order valence-corrected chi connectivity index (χ4v) is 6.70. The van der Waals surface area contributed by atoms with E-state index in [1.165, 1.54) is 37.3 Å². The largest absolute Gasteiger partial charge is 0.497 e. The van der Waals surface area contributed by atoms with Gasteiger partial charge in [0.25, 0.3) is 10.0 Å². The Hall–Kier alpha value is -4.83. The third-order valence-electron chi connectivity index (χ3n) is 7.68. The molecule has 4 aromatic carbocycles. The summed E-state index contributed by atoms with van der Waals surface area (Å²) in [7, 11) is -1.41. The molecule has 0 spiro atoms. The predicted molar refractivity (Wildman–Crippen MR) is 184 cm³/mol. The highest BCUT2D eigenvalue weighted by atomic mass is 32.2. The third-order valence-corrected chi connectivity index (χ3v) is 9.45. The molecule has 0 fully saturated rings. The Bertz CT molecular complexity index is 1780. The lowest BCUT2D eigenvalue weighted by Crippen LogP contribution is -2.54. The molecule has 4 aromatic rings. The van der Waals surface area contributed by atoms with Gasteiger partial charge in [-0.25, -0.2) is 8.42 Å². The number of hydrogen-bond donors (Lipinski definition) is 1. The second kappa shape index (κ2) is 15.6. The van der Waals surface area contributed by atoms with Crippen molar-refractivity contribution in [2.45, 2.75) is 57.6 Å². The van der Waals surface area contributed by atoms with Gasteiger partial charge in [-0.1, -0.05) is 77.9 Å². The second-order valence-corrected chi connectivity index (χ2v) is 13.6. The van der Waals surface area contributed by atoms with Gasteiger partial charge in [-0.05, 0) is 63.1 Å². The third kappa shape index (κ3) is 8.92. The first-order valence-electron chi connectivity index (χ1n) is 15.4. The fourth-order valence-electron chi connectivity index (χ4n) is 5.28. The minimum atomic E-state index is -4.31. The first-order valence-corrected chi connectivity index (χ1v) is 16.9. The van der Waals surface area contributed by atoms with Crippen LogP contribution in [-0.4, -0.2) is 58.0 Å². The van der Waals surface area contributed by atoms with Gasteiger partial charge in [0.05, 0.1) is 24.8 Å². The summed E-state index contributed by atoms with van der Waals surface area (Å²) in [6.45, 7) is 7.00. The Labute approximate surface area is 278 Å². The van der Waals surface area contributed by atoms with Crippen LogP contribution in [-0.2, 0) is 32.6 Å². The summed E-state index contributed by atoms with van der Waals surface area (Å²) in [5.74, 6) is -0.284. The fraction of sp³-hybridized carbons (Fsp3) is 0.297. The summed E-state index contributed by atoms with van der Waals surface area (Å²) in [5, 5.41) is 2.97. The van der Waals surface area contributed by atoms with Crippen LogP contribution in [0, 0.1) is 13.8 Å². The molecule has 0 aliphatic heterocycles. The van der Waals surface area contributed by atoms with Crippen molar-refractivity contribution in [2.24, 2.45) is 0 Å². The standard InChI is InChI=1S/C37H43N3O6S/c1-26(2)38-37(42)34(22-29-12-8-7-9-13-29)39(24-30-14-10-11-28(4)21-30)36(41)25-40(33-23-31(45-5)17-20-35(33)46-6)47(43,44)32-18-15-27(3)16-19-32/h7-21,23,26,34H,22,24-25H2,1-6H3,(H,38,42)/t34-/m0/s1. The Balaban J connectivity index is 1.87. The molecule has 4 rings (SSSR count). The molecule has 1 atom stereocenters. The van der Waals surface area contributed by atoms with Crippen LogP contribution >= 0.6 is 0 Å². The van der Waals surface area contributed by atoms with Crippen molar-refractivity contribution in [1.29, 1.82) is 0 Å². The highest BCUT2D eigenvalue weighted by Crippen LogP contribution is 2.36. The number of ether oxygens (including phenoxy) is 2. The maximum atomic E-state index is 14.7. The topological polar surface area (TPSA) is 105 Å². The average Bonchev–Trinajstić information content (AvgIpc) is 3.05. The summed E-state index contributed by atoms with van der Waals surface area (Å²) < 4.78 is 40.8. The van der Waals surface area contributed by atoms with Crippen LogP contribution in [0.2, 0.25) is 0 Å². The number of benzene rings is 4. The van der Waals surface area contributed by atoms with Crippen LogP contribution in [0.1, 0.15) is 36.1 Å². The summed E-state index contributed by atoms with van der Waals surface area (Å²) in [6.07, 6.45) is 0.226. The zero-order valence-corrected chi connectivity index (χ0v) is 28.6. The van der Waals surface area contributed by atoms with Gasteiger partial charge < -0.3 is 19.7 Å². The normalized spacial score (nSPS) is 11.9. The summed E-state index contributed by atoms with van der Waals surface area (Å²) >= 11 is 0. The molecule has 0 saturated heterocycles. The Morgan fingerprint density at radius 1 is 0.787 bits per heavy atom. The van der Waals surface area contributed by atoms with Crippen LogP contribution in [0.5, 0.6) is 11.5 Å². The summed E-state index contributed by atoms with van der Waals surface area (Å²) in [6, 6.07) is 27.2. The van der Waals surface area contributed by atoms with E-state index in [0.29, 0.717) is 5.75 Å². The van der Waals surface area contributed by atoms with Crippen molar-refractivity contribution in [1.82, 2.24) is 10.2 Å². The Morgan fingerprint density at radius 3 is 2.09 bits per heavy atom. The van der Waals surface area contributed by atoms with Crippen molar-refractivity contribution >= 4 is 27.5 Å². The summed E-state index contributed by atoms with van der Waals surface area (Å²) in [5.41, 5.74) is 3.67. The maximum absolute atomic E-state index is 14.7. The van der Waals surface area contributed by atoms with Gasteiger partial charge >= 0.3 is 0 Å². The van der Waals surface area contributed by atoms with Crippen molar-refractivity contribution in [3.05, 3.63) is 119 Å². The minimum Gasteiger partial charge on any atom is -0.497 e. The van der Waals surface area contributed by atoms with E-state index >= 15 is 0 Å². The molecule has 2 amide bonds. The zero-order valence-electron chi connectivity index (χ0n) is 27.8. The minimum absolute atomic E-state index is 0.00407. The van der Waals surface area contributed by atoms with Gasteiger partial charge in [0, 0.05) is 25.1 Å². The van der Waals surface area contributed by atoms with Gasteiger partial charge in [0.15, 0.2) is 0 Å². The zero-order chi connectivity index (χ0) is 34.1. The number of methoxy groups -OCH3 is 2. The first-order chi connectivity index (χ1) is 22.4. The first kappa shape index (κ1) is 35.0. The van der Waals surface area contributed by atoms with Gasteiger partial charge in [0.2, 0.25) is 11.8 Å². The van der Waals surface area contributed by atoms with E-state index < -0.39 is 28.5 Å². The predicted octanol–water partition coefficient (Wildman–Crippen LogP) is 5.68. The lowest BCUT2D eigenvalue weighted by molar-refractivity contribution is -0.140. The highest BCUT2D eigenvalue weighted by molar-refractivity contribution is 7.92. The number of amides is 2. The number of hydrogen-bond acceptors (Lipinski definition) is 6. The molecule has 10 heteroatoms. The number of rotatable bonds is 14. The van der Waals surface area contributed by atoms with Crippen molar-refractivity contribution < 1.29 is 27.5 Å². The molecule has 248 valence electrons. The number of nitrogens with zero attached hydrogens (tertiary/aromatic N) is 2. The van der Waals surface area contributed by atoms with E-state index in [0.717, 1.165) is 26.6 Å². The number of anilines is 1. The monoisotopic (exact) mass is 657 g/mol. The van der Waals surface area contributed by atoms with Gasteiger partial charge in [0.1, 0.15) is 24.1 Å². The smallest absolute Gasteiger partial charge is 0.264 e. The van der Waals surface area contributed by atoms with Crippen LogP contribution in [0.4, 0.5) is 5.69 Å². The molecular weight excluding hydrogens is 614 g/mol. The molecule has 0 heterocycles. The van der Waals surface area contributed by atoms with E-state index in [4.69, 9.17) is 9.47 Å². The van der Waals surface area contributed by atoms with E-state index in [1.807, 2.05) is 82.3 Å². The number of carbonyl (C=O) groups is 2. The maximum Gasteiger partial charge on any atom is 0.264 e. The van der Waals surface area contributed by atoms with E-state index in [-0.39, 0.29) is 41.2 Å². The van der Waals surface area contributed by atoms with E-state index in [9.17, 15) is 18.0 Å². The summed E-state index contributed by atoms with van der Waals surface area (Å²) in [4.78, 5) is 30.0. The Morgan fingerprint density at radius 2 is 1.47 bits per heavy atom. The second-order valence-electron chi connectivity index (χ2n) is 11.7. The van der Waals surface area contributed by atoms with Crippen LogP contribution in [0.25, 0.3) is 0 Å². The molecule has 0 radical (unpaired) electrons. The molecule has 9 nitrogen and oxygen atoms in total. The molecule has 0 aromatic heterocycles. The molecule has 0 saturated carbocycles. The van der Waals surface area contributed by atoms with Gasteiger partial charge in [-0.15, -0.1) is 0 Å². The molecule has 0 aliphatic rings. The SMILES string of the molecule is COc1ccc(OC)c(N(CC(=O)N(Cc2cccc(C)c2)[C@@H](Cc2ccccc2)C(=O)NC(C)C)S(=O)(=O)c2ccc(C)cc2)c1. The molecule has 0 bridgehead atoms. The van der Waals surface area contributed by atoms with Crippen LogP contribution in [0.3, 0.4) is 0 Å². The van der Waals surface area contributed by atoms with Crippen LogP contribution in [0.15, 0.2) is 102 Å². The lowest BCUT2D eigenvalue weighted by Gasteiger charge is -2.34.